The number of rotatable bonds is 22. The van der Waals surface area contributed by atoms with Crippen LogP contribution in [0.25, 0.3) is 32.7 Å². The highest BCUT2D eigenvalue weighted by atomic mass is 16.5. The van der Waals surface area contributed by atoms with E-state index in [-0.39, 0.29) is 13.2 Å². The molecule has 0 aromatic heterocycles. The van der Waals surface area contributed by atoms with Crippen molar-refractivity contribution in [2.45, 2.75) is 56.8 Å². The number of benzene rings is 6. The number of hydrogen-bond donors (Lipinski definition) is 2. The summed E-state index contributed by atoms with van der Waals surface area (Å²) in [6, 6.07) is 44.2. The van der Waals surface area contributed by atoms with Gasteiger partial charge in [-0.15, -0.1) is 0 Å². The maximum Gasteiger partial charge on any atom is 0.120 e. The third-order valence-corrected chi connectivity index (χ3v) is 10.8. The van der Waals surface area contributed by atoms with Crippen molar-refractivity contribution < 1.29 is 29.2 Å². The Morgan fingerprint density at radius 1 is 0.382 bits per heavy atom. The Labute approximate surface area is 325 Å². The van der Waals surface area contributed by atoms with E-state index in [9.17, 15) is 0 Å². The van der Waals surface area contributed by atoms with Crippen LogP contribution in [0.2, 0.25) is 0 Å². The molecule has 1 aliphatic carbocycles. The molecule has 6 aromatic rings. The van der Waals surface area contributed by atoms with Crippen LogP contribution >= 0.6 is 0 Å². The van der Waals surface area contributed by atoms with E-state index in [0.29, 0.717) is 26.4 Å². The van der Waals surface area contributed by atoms with Gasteiger partial charge in [-0.3, -0.25) is 0 Å². The number of aliphatic hydroxyl groups is 2. The standard InChI is InChI=1S/C49H54O6/c50-25-9-1-3-11-27-52-29-31-54-43-23-19-37-33-41(21-17-39(37)35-43)49(47-15-7-5-13-45(47)46-14-6-8-16-48(46)49)42-22-18-40-36-44(24-20-38(40)34-42)55-32-30-53-28-12-4-2-10-26-51/h5-8,13-24,33-36,50-51H,1-4,9-12,25-32H2. The van der Waals surface area contributed by atoms with Gasteiger partial charge in [0.25, 0.3) is 0 Å². The molecule has 2 N–H and O–H groups in total. The van der Waals surface area contributed by atoms with Gasteiger partial charge in [-0.1, -0.05) is 111 Å². The molecule has 0 radical (unpaired) electrons. The molecule has 1 aliphatic rings. The van der Waals surface area contributed by atoms with E-state index < -0.39 is 5.41 Å². The molecule has 0 spiro atoms. The maximum atomic E-state index is 8.94. The Morgan fingerprint density at radius 3 is 1.27 bits per heavy atom. The van der Waals surface area contributed by atoms with Crippen molar-refractivity contribution >= 4 is 21.5 Å². The van der Waals surface area contributed by atoms with Gasteiger partial charge in [0.1, 0.15) is 24.7 Å². The van der Waals surface area contributed by atoms with Gasteiger partial charge >= 0.3 is 0 Å². The first-order valence-electron chi connectivity index (χ1n) is 20.1. The van der Waals surface area contributed by atoms with Gasteiger partial charge in [0.05, 0.1) is 18.6 Å². The second-order valence-corrected chi connectivity index (χ2v) is 14.5. The van der Waals surface area contributed by atoms with Gasteiger partial charge in [-0.05, 0) is 117 Å². The molecule has 55 heavy (non-hydrogen) atoms. The highest BCUT2D eigenvalue weighted by Crippen LogP contribution is 2.56. The third-order valence-electron chi connectivity index (χ3n) is 10.8. The van der Waals surface area contributed by atoms with E-state index in [1.54, 1.807) is 0 Å². The van der Waals surface area contributed by atoms with Crippen LogP contribution in [-0.2, 0) is 14.9 Å². The highest BCUT2D eigenvalue weighted by Gasteiger charge is 2.46. The van der Waals surface area contributed by atoms with Crippen molar-refractivity contribution in [1.29, 1.82) is 0 Å². The Bertz CT molecular complexity index is 1990. The largest absolute Gasteiger partial charge is 0.491 e. The minimum Gasteiger partial charge on any atom is -0.491 e. The highest BCUT2D eigenvalue weighted by molar-refractivity contribution is 5.92. The summed E-state index contributed by atoms with van der Waals surface area (Å²) < 4.78 is 23.7. The smallest absolute Gasteiger partial charge is 0.120 e. The fraction of sp³-hybridized carbons (Fsp3) is 0.347. The lowest BCUT2D eigenvalue weighted by molar-refractivity contribution is 0.0969. The van der Waals surface area contributed by atoms with Gasteiger partial charge in [-0.25, -0.2) is 0 Å². The molecule has 6 nitrogen and oxygen atoms in total. The molecule has 286 valence electrons. The van der Waals surface area contributed by atoms with Crippen molar-refractivity contribution in [1.82, 2.24) is 0 Å². The fourth-order valence-electron chi connectivity index (χ4n) is 8.10. The van der Waals surface area contributed by atoms with Crippen molar-refractivity contribution in [3.05, 3.63) is 144 Å². The molecular weight excluding hydrogens is 685 g/mol. The Balaban J connectivity index is 1.12. The Hall–Kier alpha value is -4.72. The lowest BCUT2D eigenvalue weighted by atomic mass is 9.67. The molecule has 0 fully saturated rings. The molecule has 0 saturated heterocycles. The van der Waals surface area contributed by atoms with E-state index in [2.05, 4.69) is 121 Å². The predicted octanol–water partition coefficient (Wildman–Crippen LogP) is 10.3. The predicted molar refractivity (Wildman–Crippen MR) is 222 cm³/mol. The van der Waals surface area contributed by atoms with E-state index in [0.717, 1.165) is 86.9 Å². The van der Waals surface area contributed by atoms with Gasteiger partial charge in [-0.2, -0.15) is 0 Å². The van der Waals surface area contributed by atoms with Crippen molar-refractivity contribution in [3.63, 3.8) is 0 Å². The van der Waals surface area contributed by atoms with E-state index in [1.807, 2.05) is 0 Å². The van der Waals surface area contributed by atoms with Crippen LogP contribution in [0.5, 0.6) is 11.5 Å². The maximum absolute atomic E-state index is 8.94. The quantitative estimate of drug-likeness (QED) is 0.0675. The average molecular weight is 739 g/mol. The summed E-state index contributed by atoms with van der Waals surface area (Å²) in [5, 5.41) is 22.5. The first-order valence-corrected chi connectivity index (χ1v) is 20.1. The summed E-state index contributed by atoms with van der Waals surface area (Å²) in [7, 11) is 0. The summed E-state index contributed by atoms with van der Waals surface area (Å²) in [5.74, 6) is 1.68. The normalized spacial score (nSPS) is 12.9. The summed E-state index contributed by atoms with van der Waals surface area (Å²) in [6.45, 7) is 4.10. The molecule has 0 bridgehead atoms. The number of ether oxygens (including phenoxy) is 4. The second kappa shape index (κ2) is 19.2. The van der Waals surface area contributed by atoms with E-state index in [1.165, 1.54) is 44.2 Å². The lowest BCUT2D eigenvalue weighted by Crippen LogP contribution is -2.28. The number of hydrogen-bond acceptors (Lipinski definition) is 6. The van der Waals surface area contributed by atoms with Crippen LogP contribution in [0, 0.1) is 0 Å². The Kier molecular flexibility index (Phi) is 13.5. The Morgan fingerprint density at radius 2 is 0.800 bits per heavy atom. The number of aliphatic hydroxyl groups excluding tert-OH is 2. The molecular formula is C49H54O6. The van der Waals surface area contributed by atoms with Crippen LogP contribution in [0.15, 0.2) is 121 Å². The van der Waals surface area contributed by atoms with Gasteiger partial charge in [0.2, 0.25) is 0 Å². The molecule has 0 unspecified atom stereocenters. The summed E-state index contributed by atoms with van der Waals surface area (Å²) in [5.41, 5.74) is 7.06. The van der Waals surface area contributed by atoms with E-state index in [4.69, 9.17) is 29.2 Å². The second-order valence-electron chi connectivity index (χ2n) is 14.5. The first kappa shape index (κ1) is 38.6. The topological polar surface area (TPSA) is 77.4 Å². The molecule has 6 aromatic carbocycles. The average Bonchev–Trinajstić information content (AvgIpc) is 3.53. The zero-order valence-corrected chi connectivity index (χ0v) is 31.9. The summed E-state index contributed by atoms with van der Waals surface area (Å²) >= 11 is 0. The summed E-state index contributed by atoms with van der Waals surface area (Å²) in [6.07, 6.45) is 7.98. The van der Waals surface area contributed by atoms with Gasteiger partial charge < -0.3 is 29.2 Å². The molecule has 0 saturated carbocycles. The first-order chi connectivity index (χ1) is 27.2. The monoisotopic (exact) mass is 738 g/mol. The SMILES string of the molecule is OCCCCCCOCCOc1ccc2cc(C3(c4ccc5cc(OCCOCCCCCCO)ccc5c4)c4ccccc4-c4ccccc43)ccc2c1. The van der Waals surface area contributed by atoms with Crippen molar-refractivity contribution in [2.75, 3.05) is 52.9 Å². The van der Waals surface area contributed by atoms with Crippen LogP contribution in [-0.4, -0.2) is 63.1 Å². The molecule has 7 rings (SSSR count). The van der Waals surface area contributed by atoms with Crippen LogP contribution in [0.1, 0.15) is 73.6 Å². The van der Waals surface area contributed by atoms with Crippen molar-refractivity contribution in [3.8, 4) is 22.6 Å². The van der Waals surface area contributed by atoms with Crippen LogP contribution < -0.4 is 9.47 Å². The number of fused-ring (bicyclic) bond motifs is 5. The minimum absolute atomic E-state index is 0.263. The van der Waals surface area contributed by atoms with Crippen LogP contribution in [0.4, 0.5) is 0 Å². The minimum atomic E-state index is -0.509. The number of unbranched alkanes of at least 4 members (excludes halogenated alkanes) is 6. The zero-order chi connectivity index (χ0) is 37.7. The van der Waals surface area contributed by atoms with E-state index >= 15 is 0 Å². The lowest BCUT2D eigenvalue weighted by Gasteiger charge is -2.34. The fourth-order valence-corrected chi connectivity index (χ4v) is 8.10. The zero-order valence-electron chi connectivity index (χ0n) is 31.9. The molecule has 0 aliphatic heterocycles. The van der Waals surface area contributed by atoms with Gasteiger partial charge in [0, 0.05) is 26.4 Å². The third kappa shape index (κ3) is 8.90. The van der Waals surface area contributed by atoms with Crippen LogP contribution in [0.3, 0.4) is 0 Å². The molecule has 0 atom stereocenters. The molecule has 0 heterocycles. The summed E-state index contributed by atoms with van der Waals surface area (Å²) in [4.78, 5) is 0. The van der Waals surface area contributed by atoms with Gasteiger partial charge in [0.15, 0.2) is 0 Å². The molecule has 6 heteroatoms. The molecule has 0 amide bonds. The van der Waals surface area contributed by atoms with Crippen molar-refractivity contribution in [2.24, 2.45) is 0 Å².